The Labute approximate surface area is 195 Å². The molecule has 1 saturated heterocycles. The maximum Gasteiger partial charge on any atom is 0.292 e. The number of anilines is 1. The van der Waals surface area contributed by atoms with Gasteiger partial charge in [-0.05, 0) is 48.4 Å². The Kier molecular flexibility index (Phi) is 8.60. The predicted octanol–water partition coefficient (Wildman–Crippen LogP) is 1.73. The molecule has 1 heterocycles. The van der Waals surface area contributed by atoms with E-state index in [-0.39, 0.29) is 23.1 Å². The minimum atomic E-state index is -3.71. The van der Waals surface area contributed by atoms with Crippen molar-refractivity contribution in [3.8, 4) is 5.75 Å². The summed E-state index contributed by atoms with van der Waals surface area (Å²) in [6, 6.07) is 12.9. The van der Waals surface area contributed by atoms with E-state index in [4.69, 9.17) is 9.88 Å². The van der Waals surface area contributed by atoms with Crippen LogP contribution in [0.4, 0.5) is 5.69 Å². The number of rotatable bonds is 12. The van der Waals surface area contributed by atoms with E-state index in [1.54, 1.807) is 36.4 Å². The van der Waals surface area contributed by atoms with Crippen molar-refractivity contribution < 1.29 is 28.1 Å². The number of quaternary nitrogens is 1. The lowest BCUT2D eigenvalue weighted by atomic mass is 10.1. The van der Waals surface area contributed by atoms with E-state index in [9.17, 15) is 18.0 Å². The van der Waals surface area contributed by atoms with Crippen LogP contribution in [0.25, 0.3) is 0 Å². The van der Waals surface area contributed by atoms with E-state index in [1.165, 1.54) is 29.9 Å². The van der Waals surface area contributed by atoms with E-state index < -0.39 is 16.1 Å². The van der Waals surface area contributed by atoms with Crippen molar-refractivity contribution >= 4 is 27.5 Å². The lowest BCUT2D eigenvalue weighted by molar-refractivity contribution is -0.674. The number of amides is 2. The highest BCUT2D eigenvalue weighted by Gasteiger charge is 2.42. The van der Waals surface area contributed by atoms with Gasteiger partial charge in [0.1, 0.15) is 5.75 Å². The number of unbranched alkanes of at least 4 members (excludes halogenated alkanes) is 3. The van der Waals surface area contributed by atoms with Crippen LogP contribution in [0.1, 0.15) is 44.6 Å². The lowest BCUT2D eigenvalue weighted by Crippen LogP contribution is -2.92. The fourth-order valence-corrected chi connectivity index (χ4v) is 4.33. The molecule has 0 radical (unpaired) electrons. The Hall–Kier alpha value is -2.75. The van der Waals surface area contributed by atoms with E-state index in [0.717, 1.165) is 24.2 Å². The summed E-state index contributed by atoms with van der Waals surface area (Å²) in [7, 11) is -3.71. The zero-order valence-corrected chi connectivity index (χ0v) is 19.7. The molecule has 1 atom stereocenters. The Morgan fingerprint density at radius 3 is 2.36 bits per heavy atom. The van der Waals surface area contributed by atoms with Gasteiger partial charge in [0.15, 0.2) is 6.04 Å². The normalized spacial score (nSPS) is 16.4. The molecule has 0 bridgehead atoms. The van der Waals surface area contributed by atoms with Crippen LogP contribution >= 0.6 is 0 Å². The second kappa shape index (κ2) is 11.4. The first-order valence-corrected chi connectivity index (χ1v) is 12.9. The van der Waals surface area contributed by atoms with Gasteiger partial charge >= 0.3 is 0 Å². The van der Waals surface area contributed by atoms with Crippen LogP contribution in [0.3, 0.4) is 0 Å². The van der Waals surface area contributed by atoms with Crippen LogP contribution in [0.5, 0.6) is 5.75 Å². The number of sulfonamides is 1. The third-order valence-electron chi connectivity index (χ3n) is 5.68. The van der Waals surface area contributed by atoms with E-state index in [1.807, 2.05) is 5.32 Å². The molecular weight excluding hydrogens is 442 g/mol. The number of carbonyl (C=O) groups excluding carboxylic acids is 2. The zero-order chi connectivity index (χ0) is 23.8. The quantitative estimate of drug-likeness (QED) is 0.358. The van der Waals surface area contributed by atoms with Gasteiger partial charge in [-0.25, -0.2) is 18.5 Å². The molecule has 0 aromatic heterocycles. The highest BCUT2D eigenvalue weighted by molar-refractivity contribution is 7.89. The molecule has 0 spiro atoms. The molecule has 178 valence electrons. The number of nitrogens with two attached hydrogens (primary N) is 2. The molecule has 33 heavy (non-hydrogen) atoms. The topological polar surface area (TPSA) is 123 Å². The summed E-state index contributed by atoms with van der Waals surface area (Å²) in [4.78, 5) is 26.6. The average Bonchev–Trinajstić information content (AvgIpc) is 3.07. The standard InChI is InChI=1S/C24H31N3O5S/c1-2-3-4-5-16-32-20-10-8-19(9-11-20)27-23(28)17-22(24(27)29)26-15-14-18-6-12-21(13-7-18)33(25,30)31/h6-13,22,26H,2-5,14-17H2,1H3,(H2,25,30,31)/p+1/t22-/m1/s1. The Bertz CT molecular complexity index is 1050. The first-order valence-electron chi connectivity index (χ1n) is 11.3. The second-order valence-corrected chi connectivity index (χ2v) is 9.81. The monoisotopic (exact) mass is 474 g/mol. The van der Waals surface area contributed by atoms with Crippen LogP contribution in [0, 0.1) is 0 Å². The number of hydrogen-bond donors (Lipinski definition) is 2. The number of carbonyl (C=O) groups is 2. The number of ether oxygens (including phenoxy) is 1. The second-order valence-electron chi connectivity index (χ2n) is 8.24. The minimum absolute atomic E-state index is 0.0651. The molecule has 2 aromatic rings. The first kappa shape index (κ1) is 24.9. The highest BCUT2D eigenvalue weighted by atomic mass is 32.2. The summed E-state index contributed by atoms with van der Waals surface area (Å²) in [6.45, 7) is 3.42. The van der Waals surface area contributed by atoms with Crippen molar-refractivity contribution in [1.82, 2.24) is 0 Å². The van der Waals surface area contributed by atoms with Crippen molar-refractivity contribution in [2.75, 3.05) is 18.1 Å². The van der Waals surface area contributed by atoms with Crippen LogP contribution in [0.2, 0.25) is 0 Å². The molecule has 8 nitrogen and oxygen atoms in total. The predicted molar refractivity (Wildman–Crippen MR) is 125 cm³/mol. The molecule has 2 aromatic carbocycles. The van der Waals surface area contributed by atoms with Gasteiger partial charge < -0.3 is 10.1 Å². The summed E-state index contributed by atoms with van der Waals surface area (Å²) in [5.74, 6) is 0.288. The van der Waals surface area contributed by atoms with Gasteiger partial charge in [-0.2, -0.15) is 0 Å². The van der Waals surface area contributed by atoms with Crippen molar-refractivity contribution in [3.63, 3.8) is 0 Å². The summed E-state index contributed by atoms with van der Waals surface area (Å²) in [6.07, 6.45) is 5.31. The van der Waals surface area contributed by atoms with Crippen molar-refractivity contribution in [2.24, 2.45) is 5.14 Å². The van der Waals surface area contributed by atoms with Crippen LogP contribution in [-0.4, -0.2) is 39.4 Å². The van der Waals surface area contributed by atoms with E-state index >= 15 is 0 Å². The number of hydrogen-bond acceptors (Lipinski definition) is 5. The lowest BCUT2D eigenvalue weighted by Gasteiger charge is -2.15. The highest BCUT2D eigenvalue weighted by Crippen LogP contribution is 2.24. The van der Waals surface area contributed by atoms with E-state index in [0.29, 0.717) is 25.3 Å². The molecule has 9 heteroatoms. The van der Waals surface area contributed by atoms with Gasteiger partial charge in [-0.15, -0.1) is 0 Å². The summed E-state index contributed by atoms with van der Waals surface area (Å²) >= 11 is 0. The maximum atomic E-state index is 12.8. The number of imide groups is 1. The van der Waals surface area contributed by atoms with Crippen LogP contribution in [0.15, 0.2) is 53.4 Å². The van der Waals surface area contributed by atoms with Crippen LogP contribution in [-0.2, 0) is 26.0 Å². The van der Waals surface area contributed by atoms with Gasteiger partial charge in [0.2, 0.25) is 15.9 Å². The molecule has 2 amide bonds. The largest absolute Gasteiger partial charge is 0.494 e. The molecule has 0 saturated carbocycles. The maximum absolute atomic E-state index is 12.8. The summed E-state index contributed by atoms with van der Waals surface area (Å²) < 4.78 is 28.4. The van der Waals surface area contributed by atoms with Crippen molar-refractivity contribution in [3.05, 3.63) is 54.1 Å². The van der Waals surface area contributed by atoms with E-state index in [2.05, 4.69) is 6.92 Å². The molecule has 4 N–H and O–H groups in total. The summed E-state index contributed by atoms with van der Waals surface area (Å²) in [5, 5.41) is 6.97. The molecule has 0 unspecified atom stereocenters. The Balaban J connectivity index is 1.50. The Morgan fingerprint density at radius 1 is 1.03 bits per heavy atom. The molecule has 1 fully saturated rings. The first-order chi connectivity index (χ1) is 15.8. The Morgan fingerprint density at radius 2 is 1.73 bits per heavy atom. The third-order valence-corrected chi connectivity index (χ3v) is 6.61. The molecule has 1 aliphatic heterocycles. The molecule has 3 rings (SSSR count). The van der Waals surface area contributed by atoms with Gasteiger partial charge in [0, 0.05) is 6.42 Å². The third kappa shape index (κ3) is 6.86. The fourth-order valence-electron chi connectivity index (χ4n) is 3.82. The van der Waals surface area contributed by atoms with Crippen molar-refractivity contribution in [2.45, 2.75) is 56.4 Å². The van der Waals surface area contributed by atoms with Gasteiger partial charge in [-0.1, -0.05) is 38.3 Å². The van der Waals surface area contributed by atoms with Gasteiger partial charge in [0.05, 0.1) is 30.2 Å². The SMILES string of the molecule is CCCCCCOc1ccc(N2C(=O)C[C@@H]([NH2+]CCc3ccc(S(N)(=O)=O)cc3)C2=O)cc1. The van der Waals surface area contributed by atoms with Crippen LogP contribution < -0.4 is 20.1 Å². The number of primary sulfonamides is 1. The van der Waals surface area contributed by atoms with Gasteiger partial charge in [-0.3, -0.25) is 9.59 Å². The number of benzene rings is 2. The zero-order valence-electron chi connectivity index (χ0n) is 18.9. The van der Waals surface area contributed by atoms with Gasteiger partial charge in [0.25, 0.3) is 5.91 Å². The molecule has 0 aliphatic carbocycles. The number of nitrogens with zero attached hydrogens (tertiary/aromatic N) is 1. The fraction of sp³-hybridized carbons (Fsp3) is 0.417. The average molecular weight is 475 g/mol. The molecule has 1 aliphatic rings. The minimum Gasteiger partial charge on any atom is -0.494 e. The van der Waals surface area contributed by atoms with Crippen molar-refractivity contribution in [1.29, 1.82) is 0 Å². The smallest absolute Gasteiger partial charge is 0.292 e. The molecular formula is C24H32N3O5S+. The summed E-state index contributed by atoms with van der Waals surface area (Å²) in [5.41, 5.74) is 1.48.